The molecule has 0 unspecified atom stereocenters. The molecule has 0 saturated heterocycles. The smallest absolute Gasteiger partial charge is 0.184 e. The topological polar surface area (TPSA) is 30.7 Å². The number of aromatic nitrogens is 3. The molecule has 0 aliphatic heterocycles. The fourth-order valence-corrected chi connectivity index (χ4v) is 0.967. The lowest BCUT2D eigenvalue weighted by Gasteiger charge is -2.01. The van der Waals surface area contributed by atoms with Crippen molar-refractivity contribution >= 4 is 0 Å². The molecule has 1 aromatic heterocycles. The Hall–Kier alpha value is -1.78. The van der Waals surface area contributed by atoms with Crippen molar-refractivity contribution in [1.82, 2.24) is 15.0 Å². The maximum atomic E-state index is 13.1. The molecule has 0 bridgehead atoms. The van der Waals surface area contributed by atoms with Crippen molar-refractivity contribution in [3.63, 3.8) is 0 Å². The first-order valence-electron chi connectivity index (χ1n) is 3.52. The van der Waals surface area contributed by atoms with Crippen LogP contribution in [-0.4, -0.2) is 15.0 Å². The van der Waals surface area contributed by atoms with Gasteiger partial charge < -0.3 is 0 Å². The number of hydrogen-bond donors (Lipinski definition) is 0. The number of benzene rings is 1. The molecule has 5 heteroatoms. The predicted molar refractivity (Wildman–Crippen MR) is 40.1 cm³/mol. The number of nitrogens with zero attached hydrogens (tertiary/aromatic N) is 3. The van der Waals surface area contributed by atoms with E-state index in [2.05, 4.69) is 16.5 Å². The summed E-state index contributed by atoms with van der Waals surface area (Å²) in [5, 5.41) is 6.86. The molecule has 0 aliphatic carbocycles. The maximum Gasteiger partial charge on any atom is 0.184 e. The molecule has 0 saturated carbocycles. The van der Waals surface area contributed by atoms with E-state index in [1.807, 2.05) is 0 Å². The van der Waals surface area contributed by atoms with Crippen molar-refractivity contribution in [2.24, 2.45) is 0 Å². The highest BCUT2D eigenvalue weighted by Crippen LogP contribution is 2.13. The van der Waals surface area contributed by atoms with Crippen LogP contribution in [0.2, 0.25) is 0 Å². The summed E-state index contributed by atoms with van der Waals surface area (Å²) in [5.41, 5.74) is 0.0220. The predicted octanol–water partition coefficient (Wildman–Crippen LogP) is 1.35. The van der Waals surface area contributed by atoms with Crippen LogP contribution in [0, 0.1) is 17.8 Å². The summed E-state index contributed by atoms with van der Waals surface area (Å²) in [6.07, 6.45) is 3.70. The molecule has 0 aliphatic rings. The summed E-state index contributed by atoms with van der Waals surface area (Å²) in [7, 11) is 0. The van der Waals surface area contributed by atoms with Crippen LogP contribution in [-0.2, 0) is 0 Å². The van der Waals surface area contributed by atoms with E-state index < -0.39 is 11.6 Å². The highest BCUT2D eigenvalue weighted by molar-refractivity contribution is 5.32. The molecule has 65 valence electrons. The van der Waals surface area contributed by atoms with Crippen LogP contribution in [0.25, 0.3) is 5.69 Å². The highest BCUT2D eigenvalue weighted by atomic mass is 19.2. The average Bonchev–Trinajstić information content (AvgIpc) is 2.62. The highest BCUT2D eigenvalue weighted by Gasteiger charge is 2.09. The van der Waals surface area contributed by atoms with Gasteiger partial charge in [-0.25, -0.2) is 13.5 Å². The van der Waals surface area contributed by atoms with Gasteiger partial charge in [0.05, 0.1) is 6.20 Å². The summed E-state index contributed by atoms with van der Waals surface area (Å²) < 4.78 is 26.9. The van der Waals surface area contributed by atoms with Crippen molar-refractivity contribution in [2.75, 3.05) is 0 Å². The van der Waals surface area contributed by atoms with Gasteiger partial charge in [0, 0.05) is 0 Å². The lowest BCUT2D eigenvalue weighted by molar-refractivity contribution is 0.500. The first-order valence-corrected chi connectivity index (χ1v) is 3.52. The van der Waals surface area contributed by atoms with Crippen molar-refractivity contribution in [2.45, 2.75) is 0 Å². The number of halogens is 2. The van der Waals surface area contributed by atoms with Gasteiger partial charge in [-0.2, -0.15) is 0 Å². The Morgan fingerprint density at radius 2 is 2.15 bits per heavy atom. The Labute approximate surface area is 72.6 Å². The van der Waals surface area contributed by atoms with Crippen LogP contribution < -0.4 is 0 Å². The van der Waals surface area contributed by atoms with E-state index in [4.69, 9.17) is 0 Å². The summed E-state index contributed by atoms with van der Waals surface area (Å²) >= 11 is 0. The van der Waals surface area contributed by atoms with Gasteiger partial charge in [0.25, 0.3) is 0 Å². The van der Waals surface area contributed by atoms with Crippen LogP contribution in [0.5, 0.6) is 0 Å². The minimum Gasteiger partial charge on any atom is -0.217 e. The van der Waals surface area contributed by atoms with E-state index in [1.165, 1.54) is 18.3 Å². The van der Waals surface area contributed by atoms with E-state index in [9.17, 15) is 8.78 Å². The van der Waals surface area contributed by atoms with E-state index in [-0.39, 0.29) is 5.69 Å². The van der Waals surface area contributed by atoms with Crippen LogP contribution in [0.1, 0.15) is 0 Å². The van der Waals surface area contributed by atoms with Gasteiger partial charge in [-0.3, -0.25) is 0 Å². The van der Waals surface area contributed by atoms with Gasteiger partial charge in [0.1, 0.15) is 11.9 Å². The van der Waals surface area contributed by atoms with E-state index in [0.29, 0.717) is 0 Å². The SMILES string of the molecule is Fc1cccc(-n2c[c]nn2)c1F. The molecule has 0 amide bonds. The molecule has 3 nitrogen and oxygen atoms in total. The molecule has 2 aromatic rings. The van der Waals surface area contributed by atoms with E-state index >= 15 is 0 Å². The zero-order valence-corrected chi connectivity index (χ0v) is 6.41. The third kappa shape index (κ3) is 1.28. The third-order valence-corrected chi connectivity index (χ3v) is 1.56. The van der Waals surface area contributed by atoms with Gasteiger partial charge >= 0.3 is 0 Å². The van der Waals surface area contributed by atoms with E-state index in [0.717, 1.165) is 10.7 Å². The Morgan fingerprint density at radius 1 is 1.31 bits per heavy atom. The quantitative estimate of drug-likeness (QED) is 0.663. The van der Waals surface area contributed by atoms with Gasteiger partial charge in [0.2, 0.25) is 0 Å². The molecular weight excluding hydrogens is 176 g/mol. The van der Waals surface area contributed by atoms with Crippen LogP contribution in [0.15, 0.2) is 24.4 Å². The first kappa shape index (κ1) is 7.85. The zero-order valence-electron chi connectivity index (χ0n) is 6.41. The molecule has 13 heavy (non-hydrogen) atoms. The second-order valence-electron chi connectivity index (χ2n) is 2.37. The number of rotatable bonds is 1. The van der Waals surface area contributed by atoms with Crippen LogP contribution in [0.4, 0.5) is 8.78 Å². The third-order valence-electron chi connectivity index (χ3n) is 1.56. The normalized spacial score (nSPS) is 10.3. The molecule has 0 N–H and O–H groups in total. The molecule has 2 rings (SSSR count). The van der Waals surface area contributed by atoms with Crippen molar-refractivity contribution in [3.05, 3.63) is 42.2 Å². The molecule has 0 atom stereocenters. The minimum atomic E-state index is -0.943. The van der Waals surface area contributed by atoms with Crippen LogP contribution in [0.3, 0.4) is 0 Å². The summed E-state index contributed by atoms with van der Waals surface area (Å²) in [5.74, 6) is -1.85. The zero-order chi connectivity index (χ0) is 9.26. The Balaban J connectivity index is 2.59. The molecule has 0 fully saturated rings. The van der Waals surface area contributed by atoms with Crippen molar-refractivity contribution < 1.29 is 8.78 Å². The monoisotopic (exact) mass is 180 g/mol. The van der Waals surface area contributed by atoms with Gasteiger partial charge in [0.15, 0.2) is 11.6 Å². The number of hydrogen-bond acceptors (Lipinski definition) is 2. The second kappa shape index (κ2) is 2.93. The van der Waals surface area contributed by atoms with E-state index in [1.54, 1.807) is 0 Å². The Bertz CT molecular complexity index is 411. The Morgan fingerprint density at radius 3 is 2.85 bits per heavy atom. The first-order chi connectivity index (χ1) is 6.29. The minimum absolute atomic E-state index is 0.0220. The maximum absolute atomic E-state index is 13.1. The summed E-state index contributed by atoms with van der Waals surface area (Å²) in [4.78, 5) is 0. The Kier molecular flexibility index (Phi) is 1.77. The summed E-state index contributed by atoms with van der Waals surface area (Å²) in [6, 6.07) is 3.84. The van der Waals surface area contributed by atoms with Crippen LogP contribution >= 0.6 is 0 Å². The fourth-order valence-electron chi connectivity index (χ4n) is 0.967. The molecule has 1 radical (unpaired) electrons. The van der Waals surface area contributed by atoms with Gasteiger partial charge in [-0.15, -0.1) is 5.10 Å². The fraction of sp³-hybridized carbons (Fsp3) is 0. The molecule has 1 heterocycles. The van der Waals surface area contributed by atoms with Gasteiger partial charge in [-0.05, 0) is 12.1 Å². The van der Waals surface area contributed by atoms with Crippen molar-refractivity contribution in [1.29, 1.82) is 0 Å². The largest absolute Gasteiger partial charge is 0.217 e. The van der Waals surface area contributed by atoms with Crippen molar-refractivity contribution in [3.8, 4) is 5.69 Å². The lowest BCUT2D eigenvalue weighted by atomic mass is 10.3. The second-order valence-corrected chi connectivity index (χ2v) is 2.37. The summed E-state index contributed by atoms with van der Waals surface area (Å²) in [6.45, 7) is 0. The lowest BCUT2D eigenvalue weighted by Crippen LogP contribution is -2.00. The standard InChI is InChI=1S/C8H4F2N3/c9-6-2-1-3-7(8(6)10)13-5-4-11-12-13/h1-3,5H. The van der Waals surface area contributed by atoms with Gasteiger partial charge in [-0.1, -0.05) is 11.3 Å². The molecular formula is C8H4F2N3. The molecule has 0 spiro atoms. The average molecular weight is 180 g/mol. The molecule has 1 aromatic carbocycles.